The van der Waals surface area contributed by atoms with Gasteiger partial charge in [-0.05, 0) is 35.1 Å². The second kappa shape index (κ2) is 9.40. The largest absolute Gasteiger partial charge is 0.480 e. The van der Waals surface area contributed by atoms with Gasteiger partial charge in [-0.25, -0.2) is 9.59 Å². The van der Waals surface area contributed by atoms with Crippen molar-refractivity contribution < 1.29 is 29.0 Å². The number of ether oxygens (including phenoxy) is 2. The summed E-state index contributed by atoms with van der Waals surface area (Å²) in [5.41, 5.74) is 3.99. The minimum absolute atomic E-state index is 0.0165. The van der Waals surface area contributed by atoms with Crippen molar-refractivity contribution in [2.45, 2.75) is 18.8 Å². The number of fused-ring (bicyclic) bond motifs is 3. The Bertz CT molecular complexity index is 972. The van der Waals surface area contributed by atoms with Crippen LogP contribution in [0.4, 0.5) is 4.79 Å². The molecule has 0 bridgehead atoms. The van der Waals surface area contributed by atoms with E-state index in [1.807, 2.05) is 24.3 Å². The first-order valence-electron chi connectivity index (χ1n) is 10.7. The normalized spacial score (nSPS) is 15.4. The molecule has 0 radical (unpaired) electrons. The third kappa shape index (κ3) is 4.75. The fourth-order valence-electron chi connectivity index (χ4n) is 4.11. The van der Waals surface area contributed by atoms with Crippen molar-refractivity contribution in [3.8, 4) is 11.1 Å². The molecule has 0 aromatic heterocycles. The van der Waals surface area contributed by atoms with E-state index in [0.29, 0.717) is 12.8 Å². The van der Waals surface area contributed by atoms with Crippen LogP contribution in [0, 0.1) is 5.41 Å². The fourth-order valence-corrected chi connectivity index (χ4v) is 4.11. The maximum atomic E-state index is 12.4. The van der Waals surface area contributed by atoms with Gasteiger partial charge in [0.2, 0.25) is 5.91 Å². The molecule has 0 atom stereocenters. The lowest BCUT2D eigenvalue weighted by molar-refractivity contribution is -0.142. The SMILES string of the molecule is O=C(O)COCCNC(=O)C1(CNC(=O)OCC2c3ccccc3-c3ccccc32)CC1. The molecule has 0 unspecified atom stereocenters. The Hall–Kier alpha value is -3.39. The number of aliphatic carboxylic acids is 1. The van der Waals surface area contributed by atoms with Gasteiger partial charge in [0.15, 0.2) is 0 Å². The second-order valence-electron chi connectivity index (χ2n) is 8.16. The zero-order valence-electron chi connectivity index (χ0n) is 17.6. The molecule has 0 saturated heterocycles. The number of alkyl carbamates (subject to hydrolysis) is 1. The maximum Gasteiger partial charge on any atom is 0.407 e. The number of amides is 2. The van der Waals surface area contributed by atoms with E-state index in [4.69, 9.17) is 14.6 Å². The summed E-state index contributed by atoms with van der Waals surface area (Å²) in [6, 6.07) is 16.3. The van der Waals surface area contributed by atoms with Gasteiger partial charge in [0.25, 0.3) is 0 Å². The number of carbonyl (C=O) groups is 3. The van der Waals surface area contributed by atoms with Crippen LogP contribution in [0.15, 0.2) is 48.5 Å². The van der Waals surface area contributed by atoms with Crippen molar-refractivity contribution in [1.82, 2.24) is 10.6 Å². The van der Waals surface area contributed by atoms with Crippen molar-refractivity contribution in [2.75, 3.05) is 32.9 Å². The second-order valence-corrected chi connectivity index (χ2v) is 8.16. The van der Waals surface area contributed by atoms with Crippen molar-refractivity contribution in [1.29, 1.82) is 0 Å². The Balaban J connectivity index is 1.25. The van der Waals surface area contributed by atoms with E-state index < -0.39 is 24.1 Å². The van der Waals surface area contributed by atoms with Gasteiger partial charge in [-0.1, -0.05) is 48.5 Å². The lowest BCUT2D eigenvalue weighted by Crippen LogP contribution is -2.41. The monoisotopic (exact) mass is 438 g/mol. The average Bonchev–Trinajstić information content (AvgIpc) is 3.53. The van der Waals surface area contributed by atoms with E-state index in [2.05, 4.69) is 34.9 Å². The van der Waals surface area contributed by atoms with Gasteiger partial charge in [-0.3, -0.25) is 4.79 Å². The highest BCUT2D eigenvalue weighted by atomic mass is 16.5. The first-order chi connectivity index (χ1) is 15.5. The van der Waals surface area contributed by atoms with E-state index in [1.54, 1.807) is 0 Å². The van der Waals surface area contributed by atoms with Crippen molar-refractivity contribution in [3.05, 3.63) is 59.7 Å². The summed E-state index contributed by atoms with van der Waals surface area (Å²) < 4.78 is 10.4. The lowest BCUT2D eigenvalue weighted by Gasteiger charge is -2.17. The number of hydrogen-bond acceptors (Lipinski definition) is 5. The molecule has 1 saturated carbocycles. The molecule has 4 rings (SSSR count). The molecule has 3 N–H and O–H groups in total. The van der Waals surface area contributed by atoms with Gasteiger partial charge in [-0.2, -0.15) is 0 Å². The number of nitrogens with one attached hydrogen (secondary N) is 2. The Kier molecular flexibility index (Phi) is 6.41. The third-order valence-corrected chi connectivity index (χ3v) is 6.01. The van der Waals surface area contributed by atoms with Crippen LogP contribution in [0.25, 0.3) is 11.1 Å². The summed E-state index contributed by atoms with van der Waals surface area (Å²) in [6.07, 6.45) is 0.812. The molecular formula is C24H26N2O6. The topological polar surface area (TPSA) is 114 Å². The zero-order valence-corrected chi connectivity index (χ0v) is 17.6. The summed E-state index contributed by atoms with van der Waals surface area (Å²) in [6.45, 7) is 0.364. The van der Waals surface area contributed by atoms with E-state index in [9.17, 15) is 14.4 Å². The van der Waals surface area contributed by atoms with Crippen LogP contribution in [0.3, 0.4) is 0 Å². The van der Waals surface area contributed by atoms with Crippen molar-refractivity contribution in [3.63, 3.8) is 0 Å². The highest BCUT2D eigenvalue weighted by molar-refractivity contribution is 5.86. The molecule has 0 heterocycles. The minimum Gasteiger partial charge on any atom is -0.480 e. The van der Waals surface area contributed by atoms with E-state index >= 15 is 0 Å². The molecular weight excluding hydrogens is 412 g/mol. The van der Waals surface area contributed by atoms with E-state index in [1.165, 1.54) is 0 Å². The molecule has 2 aromatic carbocycles. The Labute approximate surface area is 185 Å². The average molecular weight is 438 g/mol. The Morgan fingerprint density at radius 3 is 2.19 bits per heavy atom. The van der Waals surface area contributed by atoms with Gasteiger partial charge in [0.05, 0.1) is 12.0 Å². The molecule has 2 amide bonds. The minimum atomic E-state index is -1.05. The van der Waals surface area contributed by atoms with Crippen molar-refractivity contribution >= 4 is 18.0 Å². The quantitative estimate of drug-likeness (QED) is 0.491. The molecule has 32 heavy (non-hydrogen) atoms. The van der Waals surface area contributed by atoms with E-state index in [0.717, 1.165) is 22.3 Å². The first kappa shape index (κ1) is 21.8. The molecule has 2 aliphatic carbocycles. The third-order valence-electron chi connectivity index (χ3n) is 6.01. The van der Waals surface area contributed by atoms with Crippen LogP contribution in [-0.4, -0.2) is 56.0 Å². The van der Waals surface area contributed by atoms with Gasteiger partial charge in [0.1, 0.15) is 13.2 Å². The van der Waals surface area contributed by atoms with Crippen molar-refractivity contribution in [2.24, 2.45) is 5.41 Å². The Morgan fingerprint density at radius 1 is 0.969 bits per heavy atom. The summed E-state index contributed by atoms with van der Waals surface area (Å²) in [4.78, 5) is 35.2. The standard InChI is InChI=1S/C24H26N2O6/c27-21(28)14-31-12-11-25-22(29)24(9-10-24)15-26-23(30)32-13-20-18-7-3-1-5-16(18)17-6-2-4-8-19(17)20/h1-8,20H,9-15H2,(H,25,29)(H,26,30)(H,27,28). The van der Waals surface area contributed by atoms with Crippen LogP contribution in [-0.2, 0) is 19.1 Å². The number of carbonyl (C=O) groups excluding carboxylic acids is 2. The van der Waals surface area contributed by atoms with Gasteiger partial charge in [0, 0.05) is 19.0 Å². The van der Waals surface area contributed by atoms with Crippen LogP contribution in [0.2, 0.25) is 0 Å². The highest BCUT2D eigenvalue weighted by Gasteiger charge is 2.49. The smallest absolute Gasteiger partial charge is 0.407 e. The molecule has 2 aromatic rings. The van der Waals surface area contributed by atoms with Crippen LogP contribution in [0.1, 0.15) is 29.9 Å². The number of carboxylic acid groups (broad SMARTS) is 1. The summed E-state index contributed by atoms with van der Waals surface area (Å²) in [5.74, 6) is -1.24. The molecule has 168 valence electrons. The predicted molar refractivity (Wildman–Crippen MR) is 116 cm³/mol. The zero-order chi connectivity index (χ0) is 22.6. The molecule has 8 heteroatoms. The maximum absolute atomic E-state index is 12.4. The Morgan fingerprint density at radius 2 is 1.59 bits per heavy atom. The number of benzene rings is 2. The molecule has 8 nitrogen and oxygen atoms in total. The fraction of sp³-hybridized carbons (Fsp3) is 0.375. The molecule has 2 aliphatic rings. The highest BCUT2D eigenvalue weighted by Crippen LogP contribution is 2.46. The van der Waals surface area contributed by atoms with Crippen LogP contribution < -0.4 is 10.6 Å². The number of carboxylic acids is 1. The van der Waals surface area contributed by atoms with E-state index in [-0.39, 0.29) is 38.1 Å². The summed E-state index contributed by atoms with van der Waals surface area (Å²) in [5, 5.41) is 14.0. The number of rotatable bonds is 10. The molecule has 1 fully saturated rings. The predicted octanol–water partition coefficient (Wildman–Crippen LogP) is 2.52. The van der Waals surface area contributed by atoms with Crippen LogP contribution in [0.5, 0.6) is 0 Å². The summed E-state index contributed by atoms with van der Waals surface area (Å²) >= 11 is 0. The lowest BCUT2D eigenvalue weighted by atomic mass is 9.98. The van der Waals surface area contributed by atoms with Gasteiger partial charge < -0.3 is 25.2 Å². The molecule has 0 spiro atoms. The number of hydrogen-bond donors (Lipinski definition) is 3. The first-order valence-corrected chi connectivity index (χ1v) is 10.7. The van der Waals surface area contributed by atoms with Gasteiger partial charge >= 0.3 is 12.1 Å². The van der Waals surface area contributed by atoms with Crippen LogP contribution >= 0.6 is 0 Å². The molecule has 0 aliphatic heterocycles. The van der Waals surface area contributed by atoms with Gasteiger partial charge in [-0.15, -0.1) is 0 Å². The summed E-state index contributed by atoms with van der Waals surface area (Å²) in [7, 11) is 0.